The number of hydrogen-bond acceptors (Lipinski definition) is 4. The van der Waals surface area contributed by atoms with Gasteiger partial charge in [0.1, 0.15) is 11.5 Å². The molecule has 0 radical (unpaired) electrons. The fraction of sp³-hybridized carbons (Fsp3) is 0.333. The number of rotatable bonds is 4. The molecule has 0 unspecified atom stereocenters. The van der Waals surface area contributed by atoms with Gasteiger partial charge in [-0.2, -0.15) is 0 Å². The minimum absolute atomic E-state index is 0.191. The average molecular weight is 321 g/mol. The van der Waals surface area contributed by atoms with E-state index in [1.54, 1.807) is 18.5 Å². The monoisotopic (exact) mass is 320 g/mol. The van der Waals surface area contributed by atoms with Crippen LogP contribution in [0.15, 0.2) is 30.6 Å². The lowest BCUT2D eigenvalue weighted by Crippen LogP contribution is -2.36. The van der Waals surface area contributed by atoms with Crippen LogP contribution in [0.4, 0.5) is 5.82 Å². The van der Waals surface area contributed by atoms with Crippen molar-refractivity contribution in [3.05, 3.63) is 46.9 Å². The summed E-state index contributed by atoms with van der Waals surface area (Å²) in [6, 6.07) is 5.54. The molecule has 3 rings (SSSR count). The highest BCUT2D eigenvalue weighted by Crippen LogP contribution is 2.13. The van der Waals surface area contributed by atoms with Crippen LogP contribution in [0.25, 0.3) is 0 Å². The molecule has 1 saturated heterocycles. The molecule has 0 saturated carbocycles. The highest BCUT2D eigenvalue weighted by molar-refractivity contribution is 6.30. The average Bonchev–Trinajstić information content (AvgIpc) is 3.00. The molecule has 1 fully saturated rings. The van der Waals surface area contributed by atoms with Gasteiger partial charge in [-0.1, -0.05) is 17.7 Å². The molecule has 1 aliphatic rings. The number of amides is 1. The zero-order chi connectivity index (χ0) is 15.4. The standard InChI is InChI=1S/C15H17ClN4O2/c16-12-7-13(17-10-12)15(21)19-9-11-1-2-14(18-8-11)20-3-5-22-6-4-20/h1-2,7-8,10,17H,3-6,9H2,(H,19,21). The largest absolute Gasteiger partial charge is 0.378 e. The Kier molecular flexibility index (Phi) is 4.60. The van der Waals surface area contributed by atoms with Crippen LogP contribution >= 0.6 is 11.6 Å². The lowest BCUT2D eigenvalue weighted by atomic mass is 10.2. The first-order valence-corrected chi connectivity index (χ1v) is 7.50. The van der Waals surface area contributed by atoms with Crippen molar-refractivity contribution >= 4 is 23.3 Å². The highest BCUT2D eigenvalue weighted by atomic mass is 35.5. The number of nitrogens with one attached hydrogen (secondary N) is 2. The van der Waals surface area contributed by atoms with Gasteiger partial charge in [0.2, 0.25) is 0 Å². The summed E-state index contributed by atoms with van der Waals surface area (Å²) in [5.41, 5.74) is 1.39. The van der Waals surface area contributed by atoms with Crippen molar-refractivity contribution in [2.45, 2.75) is 6.54 Å². The molecule has 0 bridgehead atoms. The molecule has 1 aliphatic heterocycles. The van der Waals surface area contributed by atoms with E-state index >= 15 is 0 Å². The Hall–Kier alpha value is -2.05. The number of nitrogens with zero attached hydrogens (tertiary/aromatic N) is 2. The first-order chi connectivity index (χ1) is 10.7. The maximum absolute atomic E-state index is 11.9. The van der Waals surface area contributed by atoms with Gasteiger partial charge < -0.3 is 19.9 Å². The lowest BCUT2D eigenvalue weighted by molar-refractivity contribution is 0.0946. The maximum atomic E-state index is 11.9. The van der Waals surface area contributed by atoms with E-state index in [0.29, 0.717) is 17.3 Å². The van der Waals surface area contributed by atoms with Crippen LogP contribution in [0.1, 0.15) is 16.1 Å². The second kappa shape index (κ2) is 6.81. The summed E-state index contributed by atoms with van der Waals surface area (Å²) >= 11 is 5.78. The zero-order valence-electron chi connectivity index (χ0n) is 12.0. The smallest absolute Gasteiger partial charge is 0.268 e. The van der Waals surface area contributed by atoms with Crippen LogP contribution in [-0.4, -0.2) is 42.2 Å². The fourth-order valence-electron chi connectivity index (χ4n) is 2.28. The molecule has 2 aromatic rings. The third kappa shape index (κ3) is 3.58. The second-order valence-corrected chi connectivity index (χ2v) is 5.47. The normalized spacial score (nSPS) is 14.9. The van der Waals surface area contributed by atoms with E-state index in [-0.39, 0.29) is 5.91 Å². The molecule has 6 nitrogen and oxygen atoms in total. The maximum Gasteiger partial charge on any atom is 0.268 e. The minimum atomic E-state index is -0.191. The number of aromatic nitrogens is 2. The SMILES string of the molecule is O=C(NCc1ccc(N2CCOCC2)nc1)c1cc(Cl)c[nH]1. The first-order valence-electron chi connectivity index (χ1n) is 7.12. The summed E-state index contributed by atoms with van der Waals surface area (Å²) in [5, 5.41) is 3.34. The summed E-state index contributed by atoms with van der Waals surface area (Å²) in [5.74, 6) is 0.749. The number of H-pyrrole nitrogens is 1. The van der Waals surface area contributed by atoms with Gasteiger partial charge in [0.15, 0.2) is 0 Å². The summed E-state index contributed by atoms with van der Waals surface area (Å²) in [6.45, 7) is 3.61. The highest BCUT2D eigenvalue weighted by Gasteiger charge is 2.12. The van der Waals surface area contributed by atoms with E-state index in [0.717, 1.165) is 37.7 Å². The van der Waals surface area contributed by atoms with Gasteiger partial charge in [0.05, 0.1) is 18.2 Å². The van der Waals surface area contributed by atoms with Crippen molar-refractivity contribution in [3.8, 4) is 0 Å². The molecule has 116 valence electrons. The minimum Gasteiger partial charge on any atom is -0.378 e. The number of ether oxygens (including phenoxy) is 1. The molecule has 0 aromatic carbocycles. The summed E-state index contributed by atoms with van der Waals surface area (Å²) in [4.78, 5) is 21.4. The number of halogens is 1. The van der Waals surface area contributed by atoms with E-state index in [9.17, 15) is 4.79 Å². The molecule has 7 heteroatoms. The molecular formula is C15H17ClN4O2. The van der Waals surface area contributed by atoms with Gasteiger partial charge in [0.25, 0.3) is 5.91 Å². The predicted molar refractivity (Wildman–Crippen MR) is 84.2 cm³/mol. The molecule has 2 N–H and O–H groups in total. The van der Waals surface area contributed by atoms with Crippen molar-refractivity contribution in [3.63, 3.8) is 0 Å². The third-order valence-electron chi connectivity index (χ3n) is 3.49. The Labute approximate surface area is 133 Å². The van der Waals surface area contributed by atoms with Gasteiger partial charge in [0, 0.05) is 32.0 Å². The predicted octanol–water partition coefficient (Wildman–Crippen LogP) is 1.83. The van der Waals surface area contributed by atoms with Crippen molar-refractivity contribution in [1.82, 2.24) is 15.3 Å². The number of carbonyl (C=O) groups is 1. The van der Waals surface area contributed by atoms with Crippen LogP contribution in [-0.2, 0) is 11.3 Å². The van der Waals surface area contributed by atoms with E-state index in [1.165, 1.54) is 0 Å². The van der Waals surface area contributed by atoms with Crippen molar-refractivity contribution < 1.29 is 9.53 Å². The number of anilines is 1. The Morgan fingerprint density at radius 2 is 2.23 bits per heavy atom. The molecule has 0 aliphatic carbocycles. The Bertz CT molecular complexity index is 635. The third-order valence-corrected chi connectivity index (χ3v) is 3.71. The molecular weight excluding hydrogens is 304 g/mol. The van der Waals surface area contributed by atoms with Crippen molar-refractivity contribution in [2.75, 3.05) is 31.2 Å². The number of carbonyl (C=O) groups excluding carboxylic acids is 1. The Morgan fingerprint density at radius 1 is 1.41 bits per heavy atom. The van der Waals surface area contributed by atoms with Crippen LogP contribution in [0.2, 0.25) is 5.02 Å². The van der Waals surface area contributed by atoms with Gasteiger partial charge in [-0.15, -0.1) is 0 Å². The summed E-state index contributed by atoms with van der Waals surface area (Å²) in [6.07, 6.45) is 3.36. The molecule has 0 spiro atoms. The van der Waals surface area contributed by atoms with Crippen LogP contribution in [0, 0.1) is 0 Å². The molecule has 0 atom stereocenters. The van der Waals surface area contributed by atoms with E-state index in [1.807, 2.05) is 12.1 Å². The van der Waals surface area contributed by atoms with Crippen LogP contribution in [0.3, 0.4) is 0 Å². The van der Waals surface area contributed by atoms with Gasteiger partial charge >= 0.3 is 0 Å². The summed E-state index contributed by atoms with van der Waals surface area (Å²) < 4.78 is 5.32. The fourth-order valence-corrected chi connectivity index (χ4v) is 2.44. The van der Waals surface area contributed by atoms with Gasteiger partial charge in [-0.3, -0.25) is 4.79 Å². The molecule has 22 heavy (non-hydrogen) atoms. The Balaban J connectivity index is 1.55. The lowest BCUT2D eigenvalue weighted by Gasteiger charge is -2.27. The van der Waals surface area contributed by atoms with Crippen LogP contribution in [0.5, 0.6) is 0 Å². The Morgan fingerprint density at radius 3 is 2.86 bits per heavy atom. The van der Waals surface area contributed by atoms with Gasteiger partial charge in [-0.05, 0) is 17.7 Å². The summed E-state index contributed by atoms with van der Waals surface area (Å²) in [7, 11) is 0. The number of morpholine rings is 1. The zero-order valence-corrected chi connectivity index (χ0v) is 12.8. The molecule has 3 heterocycles. The number of pyridine rings is 1. The second-order valence-electron chi connectivity index (χ2n) is 5.04. The van der Waals surface area contributed by atoms with E-state index < -0.39 is 0 Å². The van der Waals surface area contributed by atoms with E-state index in [2.05, 4.69) is 20.2 Å². The van der Waals surface area contributed by atoms with Crippen molar-refractivity contribution in [2.24, 2.45) is 0 Å². The first kappa shape index (κ1) is 14.9. The quantitative estimate of drug-likeness (QED) is 0.901. The molecule has 2 aromatic heterocycles. The van der Waals surface area contributed by atoms with Crippen LogP contribution < -0.4 is 10.2 Å². The number of hydrogen-bond donors (Lipinski definition) is 2. The number of aromatic amines is 1. The van der Waals surface area contributed by atoms with Crippen molar-refractivity contribution in [1.29, 1.82) is 0 Å². The van der Waals surface area contributed by atoms with Gasteiger partial charge in [-0.25, -0.2) is 4.98 Å². The van der Waals surface area contributed by atoms with E-state index in [4.69, 9.17) is 16.3 Å². The molecule has 1 amide bonds. The topological polar surface area (TPSA) is 70.2 Å².